The molecule has 0 aromatic heterocycles. The summed E-state index contributed by atoms with van der Waals surface area (Å²) >= 11 is 4.85. The predicted octanol–water partition coefficient (Wildman–Crippen LogP) is 3.96. The fraction of sp³-hybridized carbons (Fsp3) is 0.111. The lowest BCUT2D eigenvalue weighted by atomic mass is 10.1. The van der Waals surface area contributed by atoms with Crippen LogP contribution in [0, 0.1) is 0 Å². The molecule has 2 amide bonds. The zero-order chi connectivity index (χ0) is 16.9. The number of halogens is 1. The average molecular weight is 403 g/mol. The number of amides is 2. The Hall–Kier alpha value is -2.05. The summed E-state index contributed by atoms with van der Waals surface area (Å²) < 4.78 is 0.803. The lowest BCUT2D eigenvalue weighted by Gasteiger charge is -2.28. The summed E-state index contributed by atoms with van der Waals surface area (Å²) in [6, 6.07) is 17.0. The van der Waals surface area contributed by atoms with Gasteiger partial charge in [-0.05, 0) is 39.0 Å². The smallest absolute Gasteiger partial charge is 0.244 e. The van der Waals surface area contributed by atoms with Crippen molar-refractivity contribution in [3.63, 3.8) is 0 Å². The molecule has 0 saturated carbocycles. The van der Waals surface area contributed by atoms with Gasteiger partial charge in [0.15, 0.2) is 0 Å². The number of benzene rings is 2. The lowest BCUT2D eigenvalue weighted by Crippen LogP contribution is -2.39. The van der Waals surface area contributed by atoms with Crippen LogP contribution in [0.15, 0.2) is 64.5 Å². The van der Waals surface area contributed by atoms with Crippen LogP contribution in [-0.2, 0) is 9.59 Å². The maximum Gasteiger partial charge on any atom is 0.244 e. The molecule has 2 aromatic rings. The van der Waals surface area contributed by atoms with Crippen LogP contribution >= 0.6 is 27.7 Å². The van der Waals surface area contributed by atoms with E-state index >= 15 is 0 Å². The van der Waals surface area contributed by atoms with Crippen molar-refractivity contribution < 1.29 is 9.59 Å². The summed E-state index contributed by atoms with van der Waals surface area (Å²) in [5, 5.41) is 4.77. The van der Waals surface area contributed by atoms with Gasteiger partial charge >= 0.3 is 0 Å². The highest BCUT2D eigenvalue weighted by Gasteiger charge is 2.25. The van der Waals surface area contributed by atoms with Crippen molar-refractivity contribution in [1.82, 2.24) is 4.90 Å². The Kier molecular flexibility index (Phi) is 5.37. The number of hydrogen-bond donors (Lipinski definition) is 1. The van der Waals surface area contributed by atoms with Crippen molar-refractivity contribution >= 4 is 50.9 Å². The van der Waals surface area contributed by atoms with Crippen LogP contribution in [0.2, 0.25) is 0 Å². The molecule has 2 aromatic carbocycles. The summed E-state index contributed by atoms with van der Waals surface area (Å²) in [7, 11) is 0. The van der Waals surface area contributed by atoms with Crippen LogP contribution in [0.25, 0.3) is 5.70 Å². The second-order valence-corrected chi connectivity index (χ2v) is 6.90. The van der Waals surface area contributed by atoms with Gasteiger partial charge in [-0.3, -0.25) is 9.59 Å². The number of rotatable bonds is 4. The van der Waals surface area contributed by atoms with Crippen molar-refractivity contribution in [3.8, 4) is 0 Å². The Morgan fingerprint density at radius 3 is 2.58 bits per heavy atom. The van der Waals surface area contributed by atoms with Crippen LogP contribution in [-0.4, -0.2) is 29.0 Å². The van der Waals surface area contributed by atoms with Gasteiger partial charge in [0.25, 0.3) is 0 Å². The number of anilines is 1. The van der Waals surface area contributed by atoms with Gasteiger partial charge in [0, 0.05) is 4.47 Å². The first-order valence-corrected chi connectivity index (χ1v) is 9.21. The minimum Gasteiger partial charge on any atom is -0.324 e. The van der Waals surface area contributed by atoms with Gasteiger partial charge in [-0.2, -0.15) is 0 Å². The van der Waals surface area contributed by atoms with Gasteiger partial charge in [0.1, 0.15) is 6.54 Å². The molecule has 0 unspecified atom stereocenters. The SMILES string of the molecule is O=C(CN1C(=O)CSC=C1c1ccccc1)Nc1ccccc1Br. The Morgan fingerprint density at radius 2 is 1.83 bits per heavy atom. The molecule has 0 saturated heterocycles. The summed E-state index contributed by atoms with van der Waals surface area (Å²) in [5.74, 6) is 0.0474. The summed E-state index contributed by atoms with van der Waals surface area (Å²) in [6.45, 7) is -0.0124. The van der Waals surface area contributed by atoms with Crippen LogP contribution in [0.4, 0.5) is 5.69 Å². The molecule has 0 radical (unpaired) electrons. The van der Waals surface area contributed by atoms with Gasteiger partial charge in [-0.25, -0.2) is 0 Å². The topological polar surface area (TPSA) is 49.4 Å². The molecule has 1 aliphatic heterocycles. The molecule has 0 bridgehead atoms. The van der Waals surface area contributed by atoms with Crippen molar-refractivity contribution in [3.05, 3.63) is 70.0 Å². The number of nitrogens with one attached hydrogen (secondary N) is 1. The fourth-order valence-electron chi connectivity index (χ4n) is 2.37. The molecule has 1 aliphatic rings. The zero-order valence-electron chi connectivity index (χ0n) is 12.7. The number of para-hydroxylation sites is 1. The molecular formula is C18H15BrN2O2S. The van der Waals surface area contributed by atoms with E-state index in [1.165, 1.54) is 16.7 Å². The third-order valence-electron chi connectivity index (χ3n) is 3.51. The van der Waals surface area contributed by atoms with Gasteiger partial charge in [0.2, 0.25) is 11.8 Å². The highest BCUT2D eigenvalue weighted by molar-refractivity contribution is 9.10. The van der Waals surface area contributed by atoms with E-state index < -0.39 is 0 Å². The van der Waals surface area contributed by atoms with Crippen molar-refractivity contribution in [2.45, 2.75) is 0 Å². The monoisotopic (exact) mass is 402 g/mol. The van der Waals surface area contributed by atoms with Crippen molar-refractivity contribution in [2.24, 2.45) is 0 Å². The van der Waals surface area contributed by atoms with E-state index in [9.17, 15) is 9.59 Å². The van der Waals surface area contributed by atoms with Gasteiger partial charge in [0.05, 0.1) is 17.1 Å². The standard InChI is InChI=1S/C18H15BrN2O2S/c19-14-8-4-5-9-15(14)20-17(22)10-21-16(11-24-12-18(21)23)13-6-2-1-3-7-13/h1-9,11H,10,12H2,(H,20,22). The number of carbonyl (C=O) groups excluding carboxylic acids is 2. The largest absolute Gasteiger partial charge is 0.324 e. The molecule has 0 atom stereocenters. The van der Waals surface area contributed by atoms with E-state index in [0.29, 0.717) is 11.4 Å². The van der Waals surface area contributed by atoms with E-state index in [1.807, 2.05) is 60.0 Å². The normalized spacial score (nSPS) is 14.3. The third kappa shape index (κ3) is 3.88. The molecule has 0 spiro atoms. The van der Waals surface area contributed by atoms with E-state index in [4.69, 9.17) is 0 Å². The molecule has 122 valence electrons. The first-order chi connectivity index (χ1) is 11.6. The number of nitrogens with zero attached hydrogens (tertiary/aromatic N) is 1. The molecular weight excluding hydrogens is 388 g/mol. The Labute approximate surface area is 153 Å². The average Bonchev–Trinajstić information content (AvgIpc) is 2.59. The molecule has 1 heterocycles. The molecule has 0 fully saturated rings. The van der Waals surface area contributed by atoms with E-state index in [-0.39, 0.29) is 18.4 Å². The van der Waals surface area contributed by atoms with Crippen molar-refractivity contribution in [2.75, 3.05) is 17.6 Å². The quantitative estimate of drug-likeness (QED) is 0.841. The number of thioether (sulfide) groups is 1. The van der Waals surface area contributed by atoms with E-state index in [1.54, 1.807) is 0 Å². The van der Waals surface area contributed by atoms with E-state index in [2.05, 4.69) is 21.2 Å². The van der Waals surface area contributed by atoms with E-state index in [0.717, 1.165) is 15.7 Å². The van der Waals surface area contributed by atoms with Gasteiger partial charge in [-0.15, -0.1) is 11.8 Å². The molecule has 3 rings (SSSR count). The molecule has 0 aliphatic carbocycles. The first kappa shape index (κ1) is 16.8. The predicted molar refractivity (Wildman–Crippen MR) is 101 cm³/mol. The highest BCUT2D eigenvalue weighted by Crippen LogP contribution is 2.28. The van der Waals surface area contributed by atoms with Crippen LogP contribution in [0.5, 0.6) is 0 Å². The Morgan fingerprint density at radius 1 is 1.12 bits per heavy atom. The van der Waals surface area contributed by atoms with Crippen LogP contribution in [0.3, 0.4) is 0 Å². The lowest BCUT2D eigenvalue weighted by molar-refractivity contribution is -0.129. The van der Waals surface area contributed by atoms with Crippen molar-refractivity contribution in [1.29, 1.82) is 0 Å². The summed E-state index contributed by atoms with van der Waals surface area (Å²) in [5.41, 5.74) is 2.37. The number of carbonyl (C=O) groups is 2. The maximum atomic E-state index is 12.4. The third-order valence-corrected chi connectivity index (χ3v) is 5.01. The van der Waals surface area contributed by atoms with Crippen LogP contribution < -0.4 is 5.32 Å². The van der Waals surface area contributed by atoms with Crippen LogP contribution in [0.1, 0.15) is 5.56 Å². The Bertz CT molecular complexity index is 793. The first-order valence-electron chi connectivity index (χ1n) is 7.37. The maximum absolute atomic E-state index is 12.4. The summed E-state index contributed by atoms with van der Waals surface area (Å²) in [6.07, 6.45) is 0. The molecule has 4 nitrogen and oxygen atoms in total. The Balaban J connectivity index is 1.77. The summed E-state index contributed by atoms with van der Waals surface area (Å²) in [4.78, 5) is 26.2. The van der Waals surface area contributed by atoms with Gasteiger partial charge < -0.3 is 10.2 Å². The second-order valence-electron chi connectivity index (χ2n) is 5.19. The minimum atomic E-state index is -0.232. The van der Waals surface area contributed by atoms with Gasteiger partial charge in [-0.1, -0.05) is 42.5 Å². The molecule has 6 heteroatoms. The minimum absolute atomic E-state index is 0.0124. The number of hydrogen-bond acceptors (Lipinski definition) is 3. The second kappa shape index (κ2) is 7.68. The highest BCUT2D eigenvalue weighted by atomic mass is 79.9. The molecule has 24 heavy (non-hydrogen) atoms. The zero-order valence-corrected chi connectivity index (χ0v) is 15.1. The fourth-order valence-corrected chi connectivity index (χ4v) is 3.56. The molecule has 1 N–H and O–H groups in total.